The molecule has 1 heterocycles. The average Bonchev–Trinajstić information content (AvgIpc) is 2.91. The predicted molar refractivity (Wildman–Crippen MR) is 87.4 cm³/mol. The number of nitrogens with zero attached hydrogens (tertiary/aromatic N) is 4. The Hall–Kier alpha value is -2.07. The Bertz CT molecular complexity index is 766. The van der Waals surface area contributed by atoms with Crippen LogP contribution < -0.4 is 4.90 Å². The molecule has 0 aliphatic heterocycles. The number of hydrogen-bond acceptors (Lipinski definition) is 3. The fraction of sp³-hybridized carbons (Fsp3) is 0.250. The Morgan fingerprint density at radius 1 is 1.19 bits per heavy atom. The molecule has 0 saturated heterocycles. The van der Waals surface area contributed by atoms with Gasteiger partial charge in [0.1, 0.15) is 5.52 Å². The van der Waals surface area contributed by atoms with Crippen LogP contribution >= 0.6 is 11.6 Å². The van der Waals surface area contributed by atoms with Gasteiger partial charge in [-0.05, 0) is 36.8 Å². The summed E-state index contributed by atoms with van der Waals surface area (Å²) in [6, 6.07) is 13.8. The molecule has 3 aromatic rings. The quantitative estimate of drug-likeness (QED) is 0.732. The third-order valence-corrected chi connectivity index (χ3v) is 3.72. The molecule has 2 aromatic carbocycles. The molecule has 0 saturated carbocycles. The van der Waals surface area contributed by atoms with E-state index < -0.39 is 0 Å². The van der Waals surface area contributed by atoms with Crippen molar-refractivity contribution in [2.75, 3.05) is 18.5 Å². The number of para-hydroxylation sites is 1. The van der Waals surface area contributed by atoms with E-state index in [2.05, 4.69) is 29.2 Å². The lowest BCUT2D eigenvalue weighted by Gasteiger charge is -2.22. The maximum atomic E-state index is 6.19. The average molecular weight is 301 g/mol. The van der Waals surface area contributed by atoms with Gasteiger partial charge in [0.25, 0.3) is 0 Å². The van der Waals surface area contributed by atoms with Crippen LogP contribution in [0.5, 0.6) is 0 Å². The highest BCUT2D eigenvalue weighted by Crippen LogP contribution is 2.28. The van der Waals surface area contributed by atoms with Gasteiger partial charge in [-0.1, -0.05) is 35.9 Å². The molecule has 0 bridgehead atoms. The summed E-state index contributed by atoms with van der Waals surface area (Å²) in [6.07, 6.45) is 1.08. The number of anilines is 1. The van der Waals surface area contributed by atoms with Gasteiger partial charge in [-0.15, -0.1) is 5.10 Å². The zero-order chi connectivity index (χ0) is 14.8. The minimum atomic E-state index is 0.693. The van der Waals surface area contributed by atoms with Crippen LogP contribution in [0.15, 0.2) is 42.5 Å². The van der Waals surface area contributed by atoms with Gasteiger partial charge in [-0.25, -0.2) is 4.68 Å². The molecule has 0 atom stereocenters. The van der Waals surface area contributed by atoms with E-state index in [-0.39, 0.29) is 0 Å². The third kappa shape index (κ3) is 2.59. The lowest BCUT2D eigenvalue weighted by atomic mass is 10.2. The second kappa shape index (κ2) is 5.74. The topological polar surface area (TPSA) is 34.0 Å². The van der Waals surface area contributed by atoms with Crippen molar-refractivity contribution in [2.24, 2.45) is 0 Å². The van der Waals surface area contributed by atoms with E-state index in [1.807, 2.05) is 47.1 Å². The first-order chi connectivity index (χ1) is 10.2. The van der Waals surface area contributed by atoms with Crippen molar-refractivity contribution < 1.29 is 0 Å². The lowest BCUT2D eigenvalue weighted by molar-refractivity contribution is 0.804. The van der Waals surface area contributed by atoms with Gasteiger partial charge in [0, 0.05) is 18.6 Å². The normalized spacial score (nSPS) is 11.0. The highest BCUT2D eigenvalue weighted by molar-refractivity contribution is 6.30. The summed E-state index contributed by atoms with van der Waals surface area (Å²) >= 11 is 6.19. The van der Waals surface area contributed by atoms with Gasteiger partial charge >= 0.3 is 0 Å². The molecular formula is C16H17ClN4. The Labute approximate surface area is 128 Å². The molecule has 0 unspecified atom stereocenters. The second-order valence-corrected chi connectivity index (χ2v) is 5.48. The van der Waals surface area contributed by atoms with Gasteiger partial charge in [0.05, 0.1) is 16.9 Å². The Kier molecular flexibility index (Phi) is 3.80. The molecule has 0 aliphatic rings. The van der Waals surface area contributed by atoms with E-state index >= 15 is 0 Å². The summed E-state index contributed by atoms with van der Waals surface area (Å²) in [5.41, 5.74) is 3.90. The summed E-state index contributed by atoms with van der Waals surface area (Å²) < 4.78 is 1.85. The second-order valence-electron chi connectivity index (χ2n) is 5.04. The molecule has 0 aliphatic carbocycles. The first kappa shape index (κ1) is 13.9. The van der Waals surface area contributed by atoms with Crippen molar-refractivity contribution in [3.05, 3.63) is 47.5 Å². The summed E-state index contributed by atoms with van der Waals surface area (Å²) in [7, 11) is 2.08. The van der Waals surface area contributed by atoms with Crippen LogP contribution in [0.1, 0.15) is 13.3 Å². The molecule has 0 fully saturated rings. The van der Waals surface area contributed by atoms with Gasteiger partial charge in [-0.2, -0.15) is 0 Å². The van der Waals surface area contributed by atoms with Crippen molar-refractivity contribution in [1.29, 1.82) is 0 Å². The first-order valence-electron chi connectivity index (χ1n) is 7.02. The van der Waals surface area contributed by atoms with Gasteiger partial charge in [0.2, 0.25) is 0 Å². The van der Waals surface area contributed by atoms with Crippen molar-refractivity contribution in [3.8, 4) is 5.69 Å². The van der Waals surface area contributed by atoms with Crippen LogP contribution in [0.25, 0.3) is 16.7 Å². The van der Waals surface area contributed by atoms with Crippen LogP contribution in [0.2, 0.25) is 5.02 Å². The predicted octanol–water partition coefficient (Wildman–Crippen LogP) is 3.92. The summed E-state index contributed by atoms with van der Waals surface area (Å²) in [6.45, 7) is 3.14. The number of fused-ring (bicyclic) bond motifs is 1. The zero-order valence-corrected chi connectivity index (χ0v) is 12.9. The molecule has 0 spiro atoms. The standard InChI is InChI=1S/C16H17ClN4/c1-3-10-20(2)15-9-8-12(17)11-16(15)21-14-7-5-4-6-13(14)18-19-21/h4-9,11H,3,10H2,1-2H3. The highest BCUT2D eigenvalue weighted by Gasteiger charge is 2.13. The molecule has 0 N–H and O–H groups in total. The van der Waals surface area contributed by atoms with Crippen molar-refractivity contribution in [1.82, 2.24) is 15.0 Å². The monoisotopic (exact) mass is 300 g/mol. The van der Waals surface area contributed by atoms with Crippen LogP contribution in [0.3, 0.4) is 0 Å². The lowest BCUT2D eigenvalue weighted by Crippen LogP contribution is -2.20. The van der Waals surface area contributed by atoms with Crippen LogP contribution in [0.4, 0.5) is 5.69 Å². The Morgan fingerprint density at radius 3 is 2.81 bits per heavy atom. The Morgan fingerprint density at radius 2 is 2.00 bits per heavy atom. The minimum Gasteiger partial charge on any atom is -0.373 e. The van der Waals surface area contributed by atoms with E-state index in [1.165, 1.54) is 0 Å². The maximum Gasteiger partial charge on any atom is 0.113 e. The van der Waals surface area contributed by atoms with Crippen LogP contribution in [0, 0.1) is 0 Å². The zero-order valence-electron chi connectivity index (χ0n) is 12.1. The molecular weight excluding hydrogens is 284 g/mol. The molecule has 4 nitrogen and oxygen atoms in total. The van der Waals surface area contributed by atoms with Crippen LogP contribution in [-0.4, -0.2) is 28.6 Å². The summed E-state index contributed by atoms with van der Waals surface area (Å²) in [4.78, 5) is 2.21. The number of hydrogen-bond donors (Lipinski definition) is 0. The number of halogens is 1. The molecule has 0 radical (unpaired) electrons. The molecule has 0 amide bonds. The number of rotatable bonds is 4. The number of aromatic nitrogens is 3. The molecule has 21 heavy (non-hydrogen) atoms. The summed E-state index contributed by atoms with van der Waals surface area (Å²) in [5, 5.41) is 9.21. The summed E-state index contributed by atoms with van der Waals surface area (Å²) in [5.74, 6) is 0. The largest absolute Gasteiger partial charge is 0.373 e. The van der Waals surface area contributed by atoms with Gasteiger partial charge in [-0.3, -0.25) is 0 Å². The van der Waals surface area contributed by atoms with E-state index in [1.54, 1.807) is 0 Å². The van der Waals surface area contributed by atoms with E-state index in [0.29, 0.717) is 5.02 Å². The number of benzene rings is 2. The molecule has 1 aromatic heterocycles. The maximum absolute atomic E-state index is 6.19. The van der Waals surface area contributed by atoms with E-state index in [9.17, 15) is 0 Å². The molecule has 3 rings (SSSR count). The smallest absolute Gasteiger partial charge is 0.113 e. The van der Waals surface area contributed by atoms with Gasteiger partial charge in [0.15, 0.2) is 0 Å². The third-order valence-electron chi connectivity index (χ3n) is 3.49. The van der Waals surface area contributed by atoms with E-state index in [4.69, 9.17) is 11.6 Å². The van der Waals surface area contributed by atoms with Crippen molar-refractivity contribution in [3.63, 3.8) is 0 Å². The highest BCUT2D eigenvalue weighted by atomic mass is 35.5. The van der Waals surface area contributed by atoms with Crippen molar-refractivity contribution >= 4 is 28.3 Å². The molecule has 5 heteroatoms. The minimum absolute atomic E-state index is 0.693. The fourth-order valence-electron chi connectivity index (χ4n) is 2.49. The SMILES string of the molecule is CCCN(C)c1ccc(Cl)cc1-n1nnc2ccccc21. The molecule has 108 valence electrons. The van der Waals surface area contributed by atoms with E-state index in [0.717, 1.165) is 35.4 Å². The van der Waals surface area contributed by atoms with Gasteiger partial charge < -0.3 is 4.90 Å². The first-order valence-corrected chi connectivity index (χ1v) is 7.40. The van der Waals surface area contributed by atoms with Crippen LogP contribution in [-0.2, 0) is 0 Å². The van der Waals surface area contributed by atoms with Crippen molar-refractivity contribution in [2.45, 2.75) is 13.3 Å². The Balaban J connectivity index is 2.19. The fourth-order valence-corrected chi connectivity index (χ4v) is 2.66.